The van der Waals surface area contributed by atoms with Gasteiger partial charge in [-0.3, -0.25) is 14.5 Å². The molecular weight excluding hydrogens is 440 g/mol. The molecule has 3 rings (SSSR count). The molecule has 3 amide bonds. The van der Waals surface area contributed by atoms with Crippen LogP contribution in [0.2, 0.25) is 0 Å². The number of nitrogens with one attached hydrogen (secondary N) is 1. The second-order valence-corrected chi connectivity index (χ2v) is 8.88. The van der Waals surface area contributed by atoms with Crippen molar-refractivity contribution in [3.8, 4) is 17.2 Å². The average molecular weight is 471 g/mol. The number of rotatable bonds is 8. The number of methoxy groups -OCH3 is 2. The number of nitrogens with zero attached hydrogens (tertiary/aromatic N) is 1. The fourth-order valence-electron chi connectivity index (χ4n) is 3.87. The molecule has 2 aromatic carbocycles. The van der Waals surface area contributed by atoms with Crippen molar-refractivity contribution in [2.45, 2.75) is 45.3 Å². The maximum atomic E-state index is 13.2. The molecule has 1 atom stereocenters. The number of hydrogen-bond donors (Lipinski definition) is 2. The smallest absolute Gasteiger partial charge is 0.407 e. The summed E-state index contributed by atoms with van der Waals surface area (Å²) in [5.74, 6) is -0.335. The van der Waals surface area contributed by atoms with Crippen LogP contribution in [0.3, 0.4) is 0 Å². The molecule has 0 radical (unpaired) electrons. The van der Waals surface area contributed by atoms with Crippen molar-refractivity contribution in [2.75, 3.05) is 20.8 Å². The quantitative estimate of drug-likeness (QED) is 0.442. The van der Waals surface area contributed by atoms with Crippen LogP contribution < -0.4 is 14.8 Å². The number of alkyl carbamates (subject to hydrolysis) is 1. The Morgan fingerprint density at radius 2 is 1.76 bits per heavy atom. The summed E-state index contributed by atoms with van der Waals surface area (Å²) >= 11 is 0. The van der Waals surface area contributed by atoms with E-state index in [0.29, 0.717) is 29.9 Å². The van der Waals surface area contributed by atoms with E-state index >= 15 is 0 Å². The Bertz CT molecular complexity index is 1090. The third-order valence-electron chi connectivity index (χ3n) is 5.35. The topological polar surface area (TPSA) is 114 Å². The number of imide groups is 1. The van der Waals surface area contributed by atoms with Crippen LogP contribution >= 0.6 is 0 Å². The van der Waals surface area contributed by atoms with Gasteiger partial charge in [-0.15, -0.1) is 0 Å². The zero-order valence-electron chi connectivity index (χ0n) is 20.0. The molecule has 34 heavy (non-hydrogen) atoms. The molecule has 0 saturated carbocycles. The van der Waals surface area contributed by atoms with E-state index in [-0.39, 0.29) is 23.4 Å². The fourth-order valence-corrected chi connectivity index (χ4v) is 3.87. The number of benzene rings is 2. The number of hydrogen-bond acceptors (Lipinski definition) is 7. The molecule has 182 valence electrons. The van der Waals surface area contributed by atoms with E-state index in [2.05, 4.69) is 5.32 Å². The van der Waals surface area contributed by atoms with Crippen LogP contribution in [0.1, 0.15) is 65.9 Å². The van der Waals surface area contributed by atoms with Gasteiger partial charge in [0, 0.05) is 6.54 Å². The Morgan fingerprint density at radius 1 is 1.06 bits per heavy atom. The minimum Gasteiger partial charge on any atom is -0.507 e. The lowest BCUT2D eigenvalue weighted by Gasteiger charge is -2.27. The Labute approximate surface area is 198 Å². The van der Waals surface area contributed by atoms with Gasteiger partial charge in [0.05, 0.1) is 31.4 Å². The number of aromatic hydroxyl groups is 1. The highest BCUT2D eigenvalue weighted by molar-refractivity contribution is 6.22. The predicted molar refractivity (Wildman–Crippen MR) is 124 cm³/mol. The lowest BCUT2D eigenvalue weighted by atomic mass is 9.99. The summed E-state index contributed by atoms with van der Waals surface area (Å²) in [6.07, 6.45) is 0.274. The van der Waals surface area contributed by atoms with Gasteiger partial charge >= 0.3 is 6.09 Å². The lowest BCUT2D eigenvalue weighted by Crippen LogP contribution is -2.36. The second kappa shape index (κ2) is 10.0. The Hall–Kier alpha value is -3.75. The summed E-state index contributed by atoms with van der Waals surface area (Å²) in [4.78, 5) is 39.5. The molecule has 0 fully saturated rings. The summed E-state index contributed by atoms with van der Waals surface area (Å²) in [7, 11) is 3.02. The summed E-state index contributed by atoms with van der Waals surface area (Å²) in [5.41, 5.74) is 0.185. The molecule has 0 unspecified atom stereocenters. The van der Waals surface area contributed by atoms with Crippen LogP contribution in [-0.2, 0) is 4.74 Å². The van der Waals surface area contributed by atoms with Gasteiger partial charge < -0.3 is 24.6 Å². The third kappa shape index (κ3) is 5.24. The van der Waals surface area contributed by atoms with Gasteiger partial charge in [-0.05, 0) is 63.4 Å². The number of amides is 3. The highest BCUT2D eigenvalue weighted by atomic mass is 16.6. The standard InChI is InChI=1S/C25H30N2O7/c1-25(2,3)34-24(31)26-13-7-9-17(15-11-12-19(32-4)20(14-15)33-5)27-22(29)16-8-6-10-18(28)21(16)23(27)30/h6,8,10-12,14,17,28H,7,9,13H2,1-5H3,(H,26,31)/t17-/m1/s1. The summed E-state index contributed by atoms with van der Waals surface area (Å²) in [5, 5.41) is 12.9. The molecule has 0 saturated heterocycles. The average Bonchev–Trinajstić information content (AvgIpc) is 3.03. The van der Waals surface area contributed by atoms with Gasteiger partial charge in [-0.2, -0.15) is 0 Å². The number of ether oxygens (including phenoxy) is 3. The molecule has 0 aliphatic carbocycles. The van der Waals surface area contributed by atoms with E-state index in [1.807, 2.05) is 0 Å². The third-order valence-corrected chi connectivity index (χ3v) is 5.35. The summed E-state index contributed by atoms with van der Waals surface area (Å²) in [6, 6.07) is 8.95. The second-order valence-electron chi connectivity index (χ2n) is 8.88. The molecule has 1 heterocycles. The normalized spacial score (nSPS) is 14.0. The maximum Gasteiger partial charge on any atom is 0.407 e. The Balaban J connectivity index is 1.86. The molecule has 1 aliphatic heterocycles. The molecule has 0 spiro atoms. The first-order valence-electron chi connectivity index (χ1n) is 11.0. The monoisotopic (exact) mass is 470 g/mol. The summed E-state index contributed by atoms with van der Waals surface area (Å²) in [6.45, 7) is 5.61. The minimum atomic E-state index is -0.660. The van der Waals surface area contributed by atoms with Crippen molar-refractivity contribution >= 4 is 17.9 Å². The Kier molecular flexibility index (Phi) is 7.34. The number of phenols is 1. The van der Waals surface area contributed by atoms with Crippen molar-refractivity contribution in [2.24, 2.45) is 0 Å². The van der Waals surface area contributed by atoms with Crippen molar-refractivity contribution in [3.05, 3.63) is 53.1 Å². The molecular formula is C25H30N2O7. The first-order valence-corrected chi connectivity index (χ1v) is 11.0. The largest absolute Gasteiger partial charge is 0.507 e. The van der Waals surface area contributed by atoms with Crippen LogP contribution in [0.25, 0.3) is 0 Å². The van der Waals surface area contributed by atoms with Gasteiger partial charge in [-0.1, -0.05) is 12.1 Å². The predicted octanol–water partition coefficient (Wildman–Crippen LogP) is 4.05. The molecule has 2 N–H and O–H groups in total. The number of carbonyl (C=O) groups excluding carboxylic acids is 3. The van der Waals surface area contributed by atoms with Crippen LogP contribution in [0.15, 0.2) is 36.4 Å². The van der Waals surface area contributed by atoms with Gasteiger partial charge in [0.15, 0.2) is 11.5 Å². The van der Waals surface area contributed by atoms with Crippen LogP contribution in [-0.4, -0.2) is 54.3 Å². The van der Waals surface area contributed by atoms with Crippen molar-refractivity contribution < 1.29 is 33.7 Å². The van der Waals surface area contributed by atoms with E-state index < -0.39 is 29.6 Å². The summed E-state index contributed by atoms with van der Waals surface area (Å²) < 4.78 is 16.0. The number of fused-ring (bicyclic) bond motifs is 1. The SMILES string of the molecule is COc1ccc([C@@H](CCCNC(=O)OC(C)(C)C)N2C(=O)c3cccc(O)c3C2=O)cc1OC. The first-order chi connectivity index (χ1) is 16.1. The molecule has 1 aliphatic rings. The van der Waals surface area contributed by atoms with Gasteiger partial charge in [-0.25, -0.2) is 4.79 Å². The van der Waals surface area contributed by atoms with Gasteiger partial charge in [0.2, 0.25) is 0 Å². The zero-order valence-corrected chi connectivity index (χ0v) is 20.0. The van der Waals surface area contributed by atoms with Crippen LogP contribution in [0, 0.1) is 0 Å². The van der Waals surface area contributed by atoms with Gasteiger partial charge in [0.1, 0.15) is 11.4 Å². The van der Waals surface area contributed by atoms with Crippen molar-refractivity contribution in [1.82, 2.24) is 10.2 Å². The van der Waals surface area contributed by atoms with E-state index in [0.717, 1.165) is 4.90 Å². The fraction of sp³-hybridized carbons (Fsp3) is 0.400. The molecule has 2 aromatic rings. The molecule has 9 nitrogen and oxygen atoms in total. The van der Waals surface area contributed by atoms with E-state index in [1.54, 1.807) is 39.0 Å². The lowest BCUT2D eigenvalue weighted by molar-refractivity contribution is 0.0510. The highest BCUT2D eigenvalue weighted by Gasteiger charge is 2.42. The Morgan fingerprint density at radius 3 is 2.38 bits per heavy atom. The molecule has 0 bridgehead atoms. The van der Waals surface area contributed by atoms with Crippen LogP contribution in [0.5, 0.6) is 17.2 Å². The number of carbonyl (C=O) groups is 3. The minimum absolute atomic E-state index is 0.00939. The number of phenolic OH excluding ortho intramolecular Hbond substituents is 1. The van der Waals surface area contributed by atoms with Gasteiger partial charge in [0.25, 0.3) is 11.8 Å². The van der Waals surface area contributed by atoms with E-state index in [9.17, 15) is 19.5 Å². The molecule has 9 heteroatoms. The van der Waals surface area contributed by atoms with Crippen molar-refractivity contribution in [3.63, 3.8) is 0 Å². The first kappa shape index (κ1) is 24.9. The van der Waals surface area contributed by atoms with E-state index in [1.165, 1.54) is 32.4 Å². The highest BCUT2D eigenvalue weighted by Crippen LogP contribution is 2.39. The zero-order chi connectivity index (χ0) is 25.0. The molecule has 0 aromatic heterocycles. The van der Waals surface area contributed by atoms with E-state index in [4.69, 9.17) is 14.2 Å². The van der Waals surface area contributed by atoms with Crippen molar-refractivity contribution in [1.29, 1.82) is 0 Å². The maximum absolute atomic E-state index is 13.2. The van der Waals surface area contributed by atoms with Crippen LogP contribution in [0.4, 0.5) is 4.79 Å².